The van der Waals surface area contributed by atoms with Crippen molar-refractivity contribution in [1.29, 1.82) is 5.26 Å². The summed E-state index contributed by atoms with van der Waals surface area (Å²) in [6, 6.07) is 15.7. The number of nitriles is 1. The van der Waals surface area contributed by atoms with Gasteiger partial charge in [0.05, 0.1) is 29.5 Å². The van der Waals surface area contributed by atoms with E-state index in [1.54, 1.807) is 61.5 Å². The van der Waals surface area contributed by atoms with E-state index in [0.29, 0.717) is 27.4 Å². The van der Waals surface area contributed by atoms with E-state index in [9.17, 15) is 27.6 Å². The molecule has 10 nitrogen and oxygen atoms in total. The molecule has 3 amide bonds. The number of pyridine rings is 1. The van der Waals surface area contributed by atoms with Gasteiger partial charge in [0.1, 0.15) is 11.9 Å². The third-order valence-electron chi connectivity index (χ3n) is 6.43. The van der Waals surface area contributed by atoms with Crippen molar-refractivity contribution in [1.82, 2.24) is 15.4 Å². The summed E-state index contributed by atoms with van der Waals surface area (Å²) >= 11 is 0. The molecule has 3 N–H and O–H groups in total. The van der Waals surface area contributed by atoms with E-state index in [-0.39, 0.29) is 37.4 Å². The van der Waals surface area contributed by atoms with Gasteiger partial charge in [0, 0.05) is 24.0 Å². The minimum atomic E-state index is -5.07. The van der Waals surface area contributed by atoms with Crippen LogP contribution in [0.2, 0.25) is 0 Å². The van der Waals surface area contributed by atoms with Gasteiger partial charge in [-0.1, -0.05) is 24.3 Å². The Morgan fingerprint density at radius 1 is 1.10 bits per heavy atom. The van der Waals surface area contributed by atoms with Crippen molar-refractivity contribution in [2.24, 2.45) is 0 Å². The summed E-state index contributed by atoms with van der Waals surface area (Å²) in [6.07, 6.45) is -3.32. The lowest BCUT2D eigenvalue weighted by molar-refractivity contribution is -0.186. The number of carbonyl (C=O) groups is 3. The molecule has 1 fully saturated rings. The van der Waals surface area contributed by atoms with Crippen molar-refractivity contribution in [3.63, 3.8) is 0 Å². The minimum Gasteiger partial charge on any atom is -0.355 e. The first-order chi connectivity index (χ1) is 19.6. The van der Waals surface area contributed by atoms with Gasteiger partial charge in [0.15, 0.2) is 0 Å². The molecule has 0 spiro atoms. The normalized spacial score (nSPS) is 14.7. The number of likely N-dealkylation sites (tertiary alicyclic amines) is 1. The largest absolute Gasteiger partial charge is 0.471 e. The highest BCUT2D eigenvalue weighted by molar-refractivity contribution is 6.01. The molecule has 0 aliphatic carbocycles. The monoisotopic (exact) mass is 566 g/mol. The molecule has 2 heterocycles. The Bertz CT molecular complexity index is 1490. The molecule has 1 aliphatic heterocycles. The number of para-hydroxylation sites is 1. The van der Waals surface area contributed by atoms with Crippen LogP contribution in [0.15, 0.2) is 60.8 Å². The number of nitrogens with one attached hydrogen (secondary N) is 3. The third-order valence-corrected chi connectivity index (χ3v) is 6.43. The zero-order valence-electron chi connectivity index (χ0n) is 21.8. The van der Waals surface area contributed by atoms with Gasteiger partial charge >= 0.3 is 12.1 Å². The number of hydroxylamine groups is 1. The van der Waals surface area contributed by atoms with Crippen LogP contribution in [0.3, 0.4) is 0 Å². The van der Waals surface area contributed by atoms with E-state index in [2.05, 4.69) is 21.1 Å². The maximum absolute atomic E-state index is 13.0. The zero-order valence-corrected chi connectivity index (χ0v) is 21.8. The van der Waals surface area contributed by atoms with E-state index in [1.807, 2.05) is 6.07 Å². The van der Waals surface area contributed by atoms with Gasteiger partial charge in [-0.3, -0.25) is 19.2 Å². The predicted octanol–water partition coefficient (Wildman–Crippen LogP) is 4.36. The molecule has 1 aliphatic rings. The number of benzene rings is 2. The lowest BCUT2D eigenvalue weighted by Crippen LogP contribution is -2.48. The molecule has 1 aromatic heterocycles. The van der Waals surface area contributed by atoms with Crippen molar-refractivity contribution in [3.05, 3.63) is 83.0 Å². The highest BCUT2D eigenvalue weighted by Gasteiger charge is 2.47. The number of halogens is 3. The van der Waals surface area contributed by atoms with E-state index >= 15 is 0 Å². The molecule has 2 aromatic carbocycles. The second kappa shape index (κ2) is 12.5. The number of hydrogen-bond donors (Lipinski definition) is 3. The molecule has 0 radical (unpaired) electrons. The average Bonchev–Trinajstić information content (AvgIpc) is 3.45. The second-order valence-electron chi connectivity index (χ2n) is 9.17. The zero-order chi connectivity index (χ0) is 29.6. The minimum absolute atomic E-state index is 0.0759. The van der Waals surface area contributed by atoms with Gasteiger partial charge < -0.3 is 15.5 Å². The van der Waals surface area contributed by atoms with Crippen molar-refractivity contribution in [2.75, 3.05) is 17.2 Å². The van der Waals surface area contributed by atoms with Gasteiger partial charge in [-0.2, -0.15) is 18.4 Å². The summed E-state index contributed by atoms with van der Waals surface area (Å²) in [4.78, 5) is 47.4. The Morgan fingerprint density at radius 3 is 2.54 bits per heavy atom. The summed E-state index contributed by atoms with van der Waals surface area (Å²) in [7, 11) is 0. The average molecular weight is 567 g/mol. The number of rotatable bonds is 8. The van der Waals surface area contributed by atoms with Gasteiger partial charge in [-0.15, -0.1) is 0 Å². The first-order valence-electron chi connectivity index (χ1n) is 12.5. The summed E-state index contributed by atoms with van der Waals surface area (Å²) in [6.45, 7) is 1.55. The molecule has 0 bridgehead atoms. The fraction of sp³-hybridized carbons (Fsp3) is 0.250. The number of aromatic nitrogens is 1. The number of carbonyl (C=O) groups excluding carboxylic acids is 3. The molecule has 41 heavy (non-hydrogen) atoms. The molecule has 0 saturated carbocycles. The second-order valence-corrected chi connectivity index (χ2v) is 9.17. The molecule has 1 unspecified atom stereocenters. The van der Waals surface area contributed by atoms with Gasteiger partial charge in [-0.25, -0.2) is 10.5 Å². The van der Waals surface area contributed by atoms with Crippen LogP contribution < -0.4 is 16.1 Å². The first-order valence-corrected chi connectivity index (χ1v) is 12.5. The molecular formula is C28H25F3N6O4. The Morgan fingerprint density at radius 2 is 1.83 bits per heavy atom. The van der Waals surface area contributed by atoms with Crippen LogP contribution in [0.5, 0.6) is 0 Å². The highest BCUT2D eigenvalue weighted by Crippen LogP contribution is 2.29. The highest BCUT2D eigenvalue weighted by atomic mass is 19.4. The Balaban J connectivity index is 1.43. The first kappa shape index (κ1) is 29.0. The molecule has 13 heteroatoms. The quantitative estimate of drug-likeness (QED) is 0.345. The molecular weight excluding hydrogens is 541 g/mol. The SMILES string of the molecule is Cc1c(Nc2ccccc2C(=O)NOCc2ccc(C#N)cc2)ccnc1NC(=O)C1CCCN1C(=O)C(F)(F)F. The topological polar surface area (TPSA) is 136 Å². The van der Waals surface area contributed by atoms with E-state index in [0.717, 1.165) is 5.56 Å². The summed E-state index contributed by atoms with van der Waals surface area (Å²) in [5.41, 5.74) is 5.24. The number of nitrogens with zero attached hydrogens (tertiary/aromatic N) is 3. The lowest BCUT2D eigenvalue weighted by Gasteiger charge is -2.25. The summed E-state index contributed by atoms with van der Waals surface area (Å²) < 4.78 is 38.9. The number of alkyl halides is 3. The smallest absolute Gasteiger partial charge is 0.355 e. The van der Waals surface area contributed by atoms with Gasteiger partial charge in [0.2, 0.25) is 5.91 Å². The van der Waals surface area contributed by atoms with Crippen molar-refractivity contribution < 1.29 is 32.4 Å². The van der Waals surface area contributed by atoms with Crippen LogP contribution in [0, 0.1) is 18.3 Å². The van der Waals surface area contributed by atoms with Crippen LogP contribution in [0.1, 0.15) is 39.9 Å². The van der Waals surface area contributed by atoms with Crippen LogP contribution in [0.25, 0.3) is 0 Å². The maximum atomic E-state index is 13.0. The van der Waals surface area contributed by atoms with E-state index in [4.69, 9.17) is 10.1 Å². The van der Waals surface area contributed by atoms with Crippen LogP contribution in [-0.4, -0.2) is 46.4 Å². The van der Waals surface area contributed by atoms with Gasteiger partial charge in [-0.05, 0) is 55.7 Å². The van der Waals surface area contributed by atoms with E-state index < -0.39 is 29.9 Å². The fourth-order valence-corrected chi connectivity index (χ4v) is 4.29. The summed E-state index contributed by atoms with van der Waals surface area (Å²) in [5.74, 6) is -3.25. The standard InChI is InChI=1S/C28H25F3N6O4/c1-17-21(12-13-33-24(17)35-26(39)23-7-4-14-37(23)27(40)28(29,30)31)34-22-6-3-2-5-20(22)25(38)36-41-16-19-10-8-18(15-32)9-11-19/h2-3,5-6,8-13,23H,4,7,14,16H2,1H3,(H,36,38)(H2,33,34,35,39). The Kier molecular flexibility index (Phi) is 8.84. The van der Waals surface area contributed by atoms with E-state index in [1.165, 1.54) is 6.20 Å². The maximum Gasteiger partial charge on any atom is 0.471 e. The van der Waals surface area contributed by atoms with Crippen LogP contribution in [-0.2, 0) is 21.0 Å². The van der Waals surface area contributed by atoms with Crippen LogP contribution >= 0.6 is 0 Å². The molecule has 3 aromatic rings. The van der Waals surface area contributed by atoms with Crippen molar-refractivity contribution >= 4 is 34.9 Å². The fourth-order valence-electron chi connectivity index (χ4n) is 4.29. The predicted molar refractivity (Wildman–Crippen MR) is 142 cm³/mol. The molecule has 4 rings (SSSR count). The molecule has 212 valence electrons. The van der Waals surface area contributed by atoms with Crippen LogP contribution in [0.4, 0.5) is 30.4 Å². The molecule has 1 saturated heterocycles. The summed E-state index contributed by atoms with van der Waals surface area (Å²) in [5, 5.41) is 14.5. The van der Waals surface area contributed by atoms with Crippen molar-refractivity contribution in [3.8, 4) is 6.07 Å². The van der Waals surface area contributed by atoms with Crippen molar-refractivity contribution in [2.45, 2.75) is 38.6 Å². The Hall–Kier alpha value is -4.96. The third kappa shape index (κ3) is 6.98. The number of hydrogen-bond acceptors (Lipinski definition) is 7. The van der Waals surface area contributed by atoms with Gasteiger partial charge in [0.25, 0.3) is 5.91 Å². The molecule has 1 atom stereocenters. The number of anilines is 3. The lowest BCUT2D eigenvalue weighted by atomic mass is 10.1. The Labute approximate surface area is 233 Å². The number of amides is 3.